The Bertz CT molecular complexity index is 1090. The van der Waals surface area contributed by atoms with Crippen molar-refractivity contribution in [2.75, 3.05) is 0 Å². The van der Waals surface area contributed by atoms with Crippen molar-refractivity contribution >= 4 is 22.4 Å². The van der Waals surface area contributed by atoms with E-state index in [2.05, 4.69) is 31.0 Å². The molecule has 3 aromatic rings. The topological polar surface area (TPSA) is 106 Å². The molecule has 0 unspecified atom stereocenters. The highest BCUT2D eigenvalue weighted by molar-refractivity contribution is 8.08. The predicted octanol–water partition coefficient (Wildman–Crippen LogP) is 5.60. The minimum absolute atomic E-state index is 0.0196. The Morgan fingerprint density at radius 3 is 2.34 bits per heavy atom. The summed E-state index contributed by atoms with van der Waals surface area (Å²) in [5.41, 5.74) is 2.69. The van der Waals surface area contributed by atoms with E-state index in [0.29, 0.717) is 16.4 Å². The smallest absolute Gasteiger partial charge is 0.281 e. The summed E-state index contributed by atoms with van der Waals surface area (Å²) >= 11 is 1.13. The van der Waals surface area contributed by atoms with Gasteiger partial charge in [-0.1, -0.05) is 32.9 Å². The number of nitriles is 1. The molecule has 0 fully saturated rings. The Balaban J connectivity index is 1.81. The van der Waals surface area contributed by atoms with E-state index in [1.165, 1.54) is 23.8 Å². The Kier molecular flexibility index (Phi) is 5.80. The Morgan fingerprint density at radius 2 is 1.79 bits per heavy atom. The number of nitro benzene ring substituents is 1. The van der Waals surface area contributed by atoms with Crippen molar-refractivity contribution in [1.82, 2.24) is 10.2 Å². The van der Waals surface area contributed by atoms with Crippen molar-refractivity contribution in [2.24, 2.45) is 0 Å². The van der Waals surface area contributed by atoms with Gasteiger partial charge in [-0.05, 0) is 52.6 Å². The van der Waals surface area contributed by atoms with Gasteiger partial charge in [-0.25, -0.2) is 0 Å². The highest BCUT2D eigenvalue weighted by Crippen LogP contribution is 2.35. The lowest BCUT2D eigenvalue weighted by Gasteiger charge is -2.18. The molecule has 8 heteroatoms. The molecule has 0 radical (unpaired) electrons. The summed E-state index contributed by atoms with van der Waals surface area (Å²) in [6.07, 6.45) is 1.34. The number of nitrogens with zero attached hydrogens (tertiary/aromatic N) is 4. The van der Waals surface area contributed by atoms with Crippen LogP contribution in [-0.2, 0) is 5.41 Å². The normalized spacial score (nSPS) is 11.9. The first kappa shape index (κ1) is 20.3. The molecule has 1 aromatic heterocycles. The molecule has 0 atom stereocenters. The Labute approximate surface area is 172 Å². The zero-order valence-electron chi connectivity index (χ0n) is 16.1. The first-order chi connectivity index (χ1) is 13.8. The summed E-state index contributed by atoms with van der Waals surface area (Å²) in [4.78, 5) is 10.9. The second-order valence-corrected chi connectivity index (χ2v) is 8.24. The number of nitro groups is 1. The van der Waals surface area contributed by atoms with Crippen molar-refractivity contribution in [3.05, 3.63) is 75.8 Å². The monoisotopic (exact) mass is 406 g/mol. The van der Waals surface area contributed by atoms with Crippen molar-refractivity contribution in [3.8, 4) is 17.5 Å². The van der Waals surface area contributed by atoms with E-state index >= 15 is 0 Å². The van der Waals surface area contributed by atoms with Crippen LogP contribution in [0.25, 0.3) is 16.4 Å². The first-order valence-corrected chi connectivity index (χ1v) is 9.56. The van der Waals surface area contributed by atoms with E-state index in [1.807, 2.05) is 30.3 Å². The molecular formula is C21H18N4O3S. The van der Waals surface area contributed by atoms with Crippen LogP contribution >= 0.6 is 11.8 Å². The molecule has 0 aliphatic carbocycles. The van der Waals surface area contributed by atoms with Crippen LogP contribution in [0.4, 0.5) is 5.69 Å². The van der Waals surface area contributed by atoms with Crippen molar-refractivity contribution < 1.29 is 9.34 Å². The molecule has 0 aliphatic heterocycles. The number of non-ortho nitro benzene ring substituents is 1. The van der Waals surface area contributed by atoms with Crippen molar-refractivity contribution in [3.63, 3.8) is 0 Å². The molecule has 7 nitrogen and oxygen atoms in total. The zero-order valence-corrected chi connectivity index (χ0v) is 16.9. The standard InChI is InChI=1S/C21H18N4O3S/c1-21(2,3)16-8-4-15(5-9-16)19-23-24-20(28-19)29-18(12-13-22)14-6-10-17(11-7-14)25(26)27/h4-12H,1-3H3/b18-12-. The maximum atomic E-state index is 10.8. The number of allylic oxidation sites excluding steroid dienone is 1. The van der Waals surface area contributed by atoms with Gasteiger partial charge >= 0.3 is 0 Å². The summed E-state index contributed by atoms with van der Waals surface area (Å²) in [6, 6.07) is 15.8. The number of aromatic nitrogens is 2. The quantitative estimate of drug-likeness (QED) is 0.235. The maximum Gasteiger partial charge on any atom is 0.281 e. The molecule has 0 amide bonds. The van der Waals surface area contributed by atoms with Gasteiger partial charge in [0.2, 0.25) is 5.89 Å². The number of benzene rings is 2. The van der Waals surface area contributed by atoms with Gasteiger partial charge in [-0.15, -0.1) is 10.2 Å². The van der Waals surface area contributed by atoms with Crippen LogP contribution in [0.1, 0.15) is 31.9 Å². The average molecular weight is 406 g/mol. The molecule has 29 heavy (non-hydrogen) atoms. The molecule has 0 N–H and O–H groups in total. The van der Waals surface area contributed by atoms with E-state index < -0.39 is 4.92 Å². The predicted molar refractivity (Wildman–Crippen MR) is 111 cm³/mol. The molecule has 0 aliphatic rings. The fourth-order valence-corrected chi connectivity index (χ4v) is 3.31. The summed E-state index contributed by atoms with van der Waals surface area (Å²) < 4.78 is 5.74. The van der Waals surface area contributed by atoms with Crippen LogP contribution in [-0.4, -0.2) is 15.1 Å². The summed E-state index contributed by atoms with van der Waals surface area (Å²) in [6.45, 7) is 6.43. The van der Waals surface area contributed by atoms with Crippen molar-refractivity contribution in [1.29, 1.82) is 5.26 Å². The number of hydrogen-bond donors (Lipinski definition) is 0. The van der Waals surface area contributed by atoms with E-state index in [9.17, 15) is 10.1 Å². The first-order valence-electron chi connectivity index (χ1n) is 8.75. The zero-order chi connectivity index (χ0) is 21.0. The van der Waals surface area contributed by atoms with Gasteiger partial charge in [0.25, 0.3) is 10.9 Å². The lowest BCUT2D eigenvalue weighted by molar-refractivity contribution is -0.384. The summed E-state index contributed by atoms with van der Waals surface area (Å²) in [7, 11) is 0. The van der Waals surface area contributed by atoms with E-state index in [4.69, 9.17) is 9.68 Å². The van der Waals surface area contributed by atoms with E-state index in [-0.39, 0.29) is 16.3 Å². The number of thioether (sulfide) groups is 1. The van der Waals surface area contributed by atoms with Gasteiger partial charge in [0.05, 0.1) is 11.0 Å². The van der Waals surface area contributed by atoms with Crippen LogP contribution in [0.5, 0.6) is 0 Å². The number of hydrogen-bond acceptors (Lipinski definition) is 7. The third-order valence-corrected chi connectivity index (χ3v) is 5.07. The molecule has 2 aromatic carbocycles. The molecule has 1 heterocycles. The van der Waals surface area contributed by atoms with Crippen LogP contribution in [0.3, 0.4) is 0 Å². The van der Waals surface area contributed by atoms with E-state index in [1.54, 1.807) is 12.1 Å². The molecule has 0 bridgehead atoms. The molecule has 0 spiro atoms. The van der Waals surface area contributed by atoms with E-state index in [0.717, 1.165) is 17.3 Å². The van der Waals surface area contributed by atoms with Gasteiger partial charge in [-0.2, -0.15) is 5.26 Å². The Hall–Kier alpha value is -3.44. The highest BCUT2D eigenvalue weighted by atomic mass is 32.2. The molecule has 0 saturated carbocycles. The fraction of sp³-hybridized carbons (Fsp3) is 0.190. The second kappa shape index (κ2) is 8.29. The second-order valence-electron chi connectivity index (χ2n) is 7.24. The SMILES string of the molecule is CC(C)(C)c1ccc(-c2nnc(S/C(=C\C#N)c3ccc([N+](=O)[O-])cc3)o2)cc1. The molecule has 0 saturated heterocycles. The third kappa shape index (κ3) is 4.89. The van der Waals surface area contributed by atoms with Gasteiger partial charge < -0.3 is 4.42 Å². The largest absolute Gasteiger partial charge is 0.411 e. The van der Waals surface area contributed by atoms with Gasteiger partial charge in [0.15, 0.2) is 0 Å². The number of rotatable bonds is 5. The van der Waals surface area contributed by atoms with Crippen LogP contribution in [0.15, 0.2) is 64.2 Å². The van der Waals surface area contributed by atoms with Crippen molar-refractivity contribution in [2.45, 2.75) is 31.4 Å². The van der Waals surface area contributed by atoms with Crippen LogP contribution < -0.4 is 0 Å². The molecule has 146 valence electrons. The fourth-order valence-electron chi connectivity index (χ4n) is 2.55. The lowest BCUT2D eigenvalue weighted by Crippen LogP contribution is -2.10. The molecule has 3 rings (SSSR count). The average Bonchev–Trinajstić information content (AvgIpc) is 3.16. The van der Waals surface area contributed by atoms with Gasteiger partial charge in [0.1, 0.15) is 0 Å². The third-order valence-electron chi connectivity index (χ3n) is 4.16. The summed E-state index contributed by atoms with van der Waals surface area (Å²) in [5.74, 6) is 0.382. The minimum atomic E-state index is -0.472. The van der Waals surface area contributed by atoms with Gasteiger partial charge in [-0.3, -0.25) is 10.1 Å². The van der Waals surface area contributed by atoms with Crippen LogP contribution in [0.2, 0.25) is 0 Å². The highest BCUT2D eigenvalue weighted by Gasteiger charge is 2.16. The lowest BCUT2D eigenvalue weighted by atomic mass is 9.87. The molecular weight excluding hydrogens is 388 g/mol. The minimum Gasteiger partial charge on any atom is -0.411 e. The van der Waals surface area contributed by atoms with Gasteiger partial charge in [0, 0.05) is 28.7 Å². The summed E-state index contributed by atoms with van der Waals surface area (Å²) in [5, 5.41) is 28.3. The van der Waals surface area contributed by atoms with Crippen LogP contribution in [0, 0.1) is 21.4 Å². The Morgan fingerprint density at radius 1 is 1.14 bits per heavy atom. The maximum absolute atomic E-state index is 10.8.